The Morgan fingerprint density at radius 3 is 1.83 bits per heavy atom. The van der Waals surface area contributed by atoms with Gasteiger partial charge >= 0.3 is 11.9 Å². The first-order valence-corrected chi connectivity index (χ1v) is 10.6. The van der Waals surface area contributed by atoms with E-state index in [0.29, 0.717) is 5.56 Å². The number of aliphatic hydroxyl groups is 1. The van der Waals surface area contributed by atoms with Crippen molar-refractivity contribution in [1.82, 2.24) is 16.0 Å². The molecule has 198 valence electrons. The van der Waals surface area contributed by atoms with Gasteiger partial charge in [-0.1, -0.05) is 12.1 Å². The molecule has 11 N–H and O–H groups in total. The number of hydrogen-bond donors (Lipinski definition) is 9. The van der Waals surface area contributed by atoms with Crippen LogP contribution in [-0.4, -0.2) is 86.3 Å². The second-order valence-corrected chi connectivity index (χ2v) is 7.93. The van der Waals surface area contributed by atoms with E-state index in [1.54, 1.807) is 0 Å². The van der Waals surface area contributed by atoms with Gasteiger partial charge in [0.2, 0.25) is 23.6 Å². The van der Waals surface area contributed by atoms with Crippen LogP contribution in [0.4, 0.5) is 0 Å². The van der Waals surface area contributed by atoms with E-state index in [1.807, 2.05) is 10.6 Å². The number of nitrogens with one attached hydrogen (secondary N) is 3. The molecule has 1 aromatic rings. The number of phenols is 1. The van der Waals surface area contributed by atoms with Crippen LogP contribution in [0.3, 0.4) is 0 Å². The molecule has 1 rings (SSSR count). The summed E-state index contributed by atoms with van der Waals surface area (Å²) >= 11 is 0. The van der Waals surface area contributed by atoms with E-state index in [2.05, 4.69) is 5.32 Å². The number of phenolic OH excluding ortho intramolecular Hbond substituents is 1. The van der Waals surface area contributed by atoms with E-state index in [9.17, 15) is 39.0 Å². The highest BCUT2D eigenvalue weighted by Crippen LogP contribution is 2.11. The zero-order valence-corrected chi connectivity index (χ0v) is 19.2. The number of benzene rings is 1. The summed E-state index contributed by atoms with van der Waals surface area (Å²) in [6.07, 6.45) is -3.26. The van der Waals surface area contributed by atoms with Gasteiger partial charge in [-0.15, -0.1) is 0 Å². The summed E-state index contributed by atoms with van der Waals surface area (Å²) in [7, 11) is 0. The van der Waals surface area contributed by atoms with Crippen molar-refractivity contribution in [1.29, 1.82) is 0 Å². The molecule has 0 aromatic heterocycles. The number of aromatic hydroxyl groups is 1. The summed E-state index contributed by atoms with van der Waals surface area (Å²) in [5.74, 6) is -7.44. The Morgan fingerprint density at radius 1 is 0.861 bits per heavy atom. The number of rotatable bonds is 14. The van der Waals surface area contributed by atoms with Crippen LogP contribution >= 0.6 is 0 Å². The molecule has 0 fully saturated rings. The molecular weight excluding hydrogens is 482 g/mol. The number of hydrogen-bond acceptors (Lipinski definition) is 9. The molecule has 0 aliphatic carbocycles. The number of amides is 4. The average molecular weight is 511 g/mol. The molecule has 36 heavy (non-hydrogen) atoms. The first kappa shape index (κ1) is 29.8. The molecule has 0 saturated heterocycles. The number of carbonyl (C=O) groups excluding carboxylic acids is 4. The molecule has 0 aliphatic heterocycles. The number of primary amides is 1. The van der Waals surface area contributed by atoms with E-state index < -0.39 is 78.7 Å². The lowest BCUT2D eigenvalue weighted by Gasteiger charge is -2.24. The summed E-state index contributed by atoms with van der Waals surface area (Å²) < 4.78 is 0. The minimum Gasteiger partial charge on any atom is -0.508 e. The fourth-order valence-electron chi connectivity index (χ4n) is 2.97. The van der Waals surface area contributed by atoms with Gasteiger partial charge in [0.25, 0.3) is 0 Å². The zero-order chi connectivity index (χ0) is 27.6. The summed E-state index contributed by atoms with van der Waals surface area (Å²) in [5.41, 5.74) is 11.6. The minimum atomic E-state index is -1.83. The Hall–Kier alpha value is -4.24. The Balaban J connectivity index is 2.99. The second-order valence-electron chi connectivity index (χ2n) is 7.93. The van der Waals surface area contributed by atoms with Crippen LogP contribution in [0.1, 0.15) is 25.3 Å². The highest BCUT2D eigenvalue weighted by Gasteiger charge is 2.33. The molecule has 5 unspecified atom stereocenters. The van der Waals surface area contributed by atoms with Gasteiger partial charge in [0.1, 0.15) is 17.8 Å². The first-order valence-electron chi connectivity index (χ1n) is 10.6. The molecule has 15 heteroatoms. The maximum absolute atomic E-state index is 12.7. The van der Waals surface area contributed by atoms with Gasteiger partial charge in [-0.05, 0) is 31.0 Å². The molecule has 0 aliphatic rings. The summed E-state index contributed by atoms with van der Waals surface area (Å²) in [4.78, 5) is 71.6. The molecule has 0 saturated carbocycles. The van der Waals surface area contributed by atoms with Crippen LogP contribution < -0.4 is 27.4 Å². The SMILES string of the molecule is CC(O)C(NC(=O)C(CC(=O)O)NC(=O)C(CC(N)=O)NC(=O)C(N)Cc1ccc(O)cc1)C(=O)O. The van der Waals surface area contributed by atoms with Crippen molar-refractivity contribution in [2.75, 3.05) is 0 Å². The normalized spacial score (nSPS) is 14.9. The van der Waals surface area contributed by atoms with Crippen LogP contribution in [0.2, 0.25) is 0 Å². The Morgan fingerprint density at radius 2 is 1.36 bits per heavy atom. The minimum absolute atomic E-state index is 0.00182. The lowest BCUT2D eigenvalue weighted by atomic mass is 10.0. The van der Waals surface area contributed by atoms with Gasteiger partial charge in [0.15, 0.2) is 6.04 Å². The highest BCUT2D eigenvalue weighted by molar-refractivity contribution is 5.97. The van der Waals surface area contributed by atoms with Crippen LogP contribution in [0.25, 0.3) is 0 Å². The molecule has 1 aromatic carbocycles. The Kier molecular flexibility index (Phi) is 11.3. The summed E-state index contributed by atoms with van der Waals surface area (Å²) in [6.45, 7) is 1.07. The standard InChI is InChI=1S/C21H29N5O10/c1-9(27)17(21(35)36)26-20(34)14(8-16(30)31)25-19(33)13(7-15(23)29)24-18(32)12(22)6-10-2-4-11(28)5-3-10/h2-5,9,12-14,17,27-28H,6-8,22H2,1H3,(H2,23,29)(H,24,32)(H,25,33)(H,26,34)(H,30,31)(H,35,36). The van der Waals surface area contributed by atoms with E-state index in [1.165, 1.54) is 24.3 Å². The number of aliphatic carboxylic acids is 2. The van der Waals surface area contributed by atoms with Gasteiger partial charge in [0.05, 0.1) is 25.0 Å². The molecule has 0 bridgehead atoms. The smallest absolute Gasteiger partial charge is 0.328 e. The molecular formula is C21H29N5O10. The second kappa shape index (κ2) is 13.6. The molecule has 0 heterocycles. The predicted molar refractivity (Wildman–Crippen MR) is 121 cm³/mol. The van der Waals surface area contributed by atoms with Gasteiger partial charge in [0, 0.05) is 0 Å². The van der Waals surface area contributed by atoms with Crippen molar-refractivity contribution in [3.63, 3.8) is 0 Å². The number of carboxylic acid groups (broad SMARTS) is 2. The van der Waals surface area contributed by atoms with Crippen molar-refractivity contribution in [2.45, 2.75) is 56.5 Å². The number of nitrogens with two attached hydrogens (primary N) is 2. The summed E-state index contributed by atoms with van der Waals surface area (Å²) in [5, 5.41) is 43.2. The number of carboxylic acids is 2. The van der Waals surface area contributed by atoms with Crippen molar-refractivity contribution in [3.8, 4) is 5.75 Å². The third kappa shape index (κ3) is 9.94. The number of carbonyl (C=O) groups is 6. The third-order valence-corrected chi connectivity index (χ3v) is 4.82. The van der Waals surface area contributed by atoms with E-state index in [0.717, 1.165) is 6.92 Å². The monoisotopic (exact) mass is 511 g/mol. The van der Waals surface area contributed by atoms with Crippen LogP contribution in [-0.2, 0) is 35.2 Å². The van der Waals surface area contributed by atoms with Crippen LogP contribution in [0, 0.1) is 0 Å². The van der Waals surface area contributed by atoms with Crippen molar-refractivity contribution in [2.24, 2.45) is 11.5 Å². The largest absolute Gasteiger partial charge is 0.508 e. The highest BCUT2D eigenvalue weighted by atomic mass is 16.4. The summed E-state index contributed by atoms with van der Waals surface area (Å²) in [6, 6.07) is -0.674. The van der Waals surface area contributed by atoms with E-state index in [-0.39, 0.29) is 12.2 Å². The Bertz CT molecular complexity index is 982. The Labute approximate surface area is 204 Å². The van der Waals surface area contributed by atoms with Crippen molar-refractivity contribution in [3.05, 3.63) is 29.8 Å². The van der Waals surface area contributed by atoms with Gasteiger partial charge in [-0.3, -0.25) is 24.0 Å². The van der Waals surface area contributed by atoms with E-state index in [4.69, 9.17) is 21.7 Å². The van der Waals surface area contributed by atoms with Gasteiger partial charge < -0.3 is 47.8 Å². The first-order chi connectivity index (χ1) is 16.7. The molecule has 15 nitrogen and oxygen atoms in total. The average Bonchev–Trinajstić information content (AvgIpc) is 2.76. The zero-order valence-electron chi connectivity index (χ0n) is 19.2. The van der Waals surface area contributed by atoms with Crippen molar-refractivity contribution < 1.29 is 49.2 Å². The topological polar surface area (TPSA) is 271 Å². The lowest BCUT2D eigenvalue weighted by molar-refractivity contribution is -0.146. The predicted octanol–water partition coefficient (Wildman–Crippen LogP) is -3.47. The maximum atomic E-state index is 12.7. The molecule has 4 amide bonds. The quantitative estimate of drug-likeness (QED) is 0.118. The lowest BCUT2D eigenvalue weighted by Crippen LogP contribution is -2.59. The fourth-order valence-corrected chi connectivity index (χ4v) is 2.97. The third-order valence-electron chi connectivity index (χ3n) is 4.82. The molecule has 0 radical (unpaired) electrons. The van der Waals surface area contributed by atoms with E-state index >= 15 is 0 Å². The maximum Gasteiger partial charge on any atom is 0.328 e. The van der Waals surface area contributed by atoms with Gasteiger partial charge in [-0.2, -0.15) is 0 Å². The van der Waals surface area contributed by atoms with Crippen LogP contribution in [0.5, 0.6) is 5.75 Å². The fraction of sp³-hybridized carbons (Fsp3) is 0.429. The number of aliphatic hydroxyl groups excluding tert-OH is 1. The van der Waals surface area contributed by atoms with Crippen molar-refractivity contribution >= 4 is 35.6 Å². The molecule has 0 spiro atoms. The van der Waals surface area contributed by atoms with Gasteiger partial charge in [-0.25, -0.2) is 4.79 Å². The molecule has 5 atom stereocenters. The van der Waals surface area contributed by atoms with Crippen LogP contribution in [0.15, 0.2) is 24.3 Å².